The Balaban J connectivity index is 1.80. The topological polar surface area (TPSA) is 134 Å². The number of fused-ring (bicyclic) bond motifs is 1. The van der Waals surface area contributed by atoms with Crippen molar-refractivity contribution in [2.75, 3.05) is 5.32 Å². The second-order valence-electron chi connectivity index (χ2n) is 4.53. The molecule has 0 saturated carbocycles. The normalized spacial score (nSPS) is 14.9. The molecule has 1 amide bonds. The Morgan fingerprint density at radius 1 is 1.33 bits per heavy atom. The summed E-state index contributed by atoms with van der Waals surface area (Å²) in [4.78, 5) is 15.9. The van der Waals surface area contributed by atoms with Crippen molar-refractivity contribution in [3.8, 4) is 0 Å². The van der Waals surface area contributed by atoms with Crippen molar-refractivity contribution in [3.63, 3.8) is 0 Å². The third-order valence-electron chi connectivity index (χ3n) is 3.15. The van der Waals surface area contributed by atoms with Gasteiger partial charge in [0.15, 0.2) is 0 Å². The van der Waals surface area contributed by atoms with Crippen molar-refractivity contribution < 1.29 is 13.2 Å². The summed E-state index contributed by atoms with van der Waals surface area (Å²) in [5, 5.41) is 14.4. The minimum absolute atomic E-state index is 0.0800. The third-order valence-corrected chi connectivity index (χ3v) is 4.13. The number of amides is 1. The molecule has 4 N–H and O–H groups in total. The summed E-state index contributed by atoms with van der Waals surface area (Å²) in [6, 6.07) is 3.14. The van der Waals surface area contributed by atoms with Crippen LogP contribution < -0.4 is 10.5 Å². The van der Waals surface area contributed by atoms with E-state index in [-0.39, 0.29) is 19.0 Å². The van der Waals surface area contributed by atoms with Crippen LogP contribution in [0.1, 0.15) is 21.6 Å². The molecular formula is C11H12N6O3S. The molecule has 0 saturated heterocycles. The average molecular weight is 308 g/mol. The Hall–Kier alpha value is -2.30. The summed E-state index contributed by atoms with van der Waals surface area (Å²) in [5.41, 5.74) is 1.61. The summed E-state index contributed by atoms with van der Waals surface area (Å²) in [6.45, 7) is 0.173. The maximum absolute atomic E-state index is 12.0. The number of hydrogen-bond acceptors (Lipinski definition) is 5. The van der Waals surface area contributed by atoms with E-state index in [1.807, 2.05) is 0 Å². The number of nitrogens with zero attached hydrogens (tertiary/aromatic N) is 3. The van der Waals surface area contributed by atoms with Crippen LogP contribution in [-0.2, 0) is 23.3 Å². The van der Waals surface area contributed by atoms with Gasteiger partial charge in [-0.25, -0.2) is 5.14 Å². The Morgan fingerprint density at radius 3 is 2.71 bits per heavy atom. The van der Waals surface area contributed by atoms with Crippen molar-refractivity contribution in [3.05, 3.63) is 41.3 Å². The quantitative estimate of drug-likeness (QED) is 0.707. The van der Waals surface area contributed by atoms with E-state index >= 15 is 0 Å². The molecule has 0 aliphatic carbocycles. The van der Waals surface area contributed by atoms with E-state index in [1.54, 1.807) is 12.1 Å². The number of carbonyl (C=O) groups excluding carboxylic acids is 1. The van der Waals surface area contributed by atoms with Gasteiger partial charge in [0, 0.05) is 30.1 Å². The summed E-state index contributed by atoms with van der Waals surface area (Å²) in [5.74, 6) is 0.0378. The second kappa shape index (κ2) is 4.91. The first-order chi connectivity index (χ1) is 9.95. The fraction of sp³-hybridized carbons (Fsp3) is 0.182. The first-order valence-corrected chi connectivity index (χ1v) is 7.51. The minimum Gasteiger partial charge on any atom is -0.307 e. The van der Waals surface area contributed by atoms with E-state index < -0.39 is 10.2 Å². The van der Waals surface area contributed by atoms with Gasteiger partial charge in [-0.15, -0.1) is 0 Å². The number of hydrogen-bond donors (Lipinski definition) is 3. The summed E-state index contributed by atoms with van der Waals surface area (Å²) < 4.78 is 23.7. The molecule has 0 fully saturated rings. The molecule has 21 heavy (non-hydrogen) atoms. The van der Waals surface area contributed by atoms with Crippen molar-refractivity contribution in [1.82, 2.24) is 19.5 Å². The molecule has 0 spiro atoms. The number of pyridine rings is 1. The number of nitrogens with one attached hydrogen (secondary N) is 2. The molecule has 2 aromatic heterocycles. The minimum atomic E-state index is -3.78. The van der Waals surface area contributed by atoms with Crippen LogP contribution in [0.5, 0.6) is 0 Å². The number of aromatic amines is 1. The highest BCUT2D eigenvalue weighted by atomic mass is 32.2. The largest absolute Gasteiger partial charge is 0.307 e. The van der Waals surface area contributed by atoms with Gasteiger partial charge in [-0.05, 0) is 12.1 Å². The molecule has 1 aliphatic rings. The maximum atomic E-state index is 12.0. The maximum Gasteiger partial charge on any atom is 0.277 e. The third kappa shape index (κ3) is 2.63. The Labute approximate surface area is 120 Å². The van der Waals surface area contributed by atoms with Crippen LogP contribution in [0.2, 0.25) is 0 Å². The van der Waals surface area contributed by atoms with E-state index in [4.69, 9.17) is 5.14 Å². The molecule has 9 nitrogen and oxygen atoms in total. The van der Waals surface area contributed by atoms with Crippen LogP contribution in [-0.4, -0.2) is 33.8 Å². The summed E-state index contributed by atoms with van der Waals surface area (Å²) >= 11 is 0. The summed E-state index contributed by atoms with van der Waals surface area (Å²) in [7, 11) is -3.78. The van der Waals surface area contributed by atoms with Gasteiger partial charge >= 0.3 is 0 Å². The zero-order chi connectivity index (χ0) is 15.0. The number of anilines is 1. The standard InChI is InChI=1S/C11H12N6O3S/c12-21(19,20)17-5-8-9(6-17)15-16-10(8)14-11(18)7-1-3-13-4-2-7/h1-4H,5-6H2,(H2,12,19,20)(H2,14,15,16,18). The van der Waals surface area contributed by atoms with Crippen LogP contribution in [0.4, 0.5) is 5.82 Å². The molecule has 3 heterocycles. The molecule has 0 bridgehead atoms. The lowest BCUT2D eigenvalue weighted by Crippen LogP contribution is -2.32. The highest BCUT2D eigenvalue weighted by Crippen LogP contribution is 2.28. The van der Waals surface area contributed by atoms with Gasteiger partial charge in [-0.3, -0.25) is 14.9 Å². The van der Waals surface area contributed by atoms with Gasteiger partial charge < -0.3 is 5.32 Å². The van der Waals surface area contributed by atoms with E-state index in [2.05, 4.69) is 20.5 Å². The molecule has 1 aliphatic heterocycles. The van der Waals surface area contributed by atoms with Crippen molar-refractivity contribution in [2.45, 2.75) is 13.1 Å². The van der Waals surface area contributed by atoms with Crippen molar-refractivity contribution in [2.24, 2.45) is 5.14 Å². The van der Waals surface area contributed by atoms with Crippen LogP contribution in [0.15, 0.2) is 24.5 Å². The van der Waals surface area contributed by atoms with E-state index in [0.29, 0.717) is 22.6 Å². The van der Waals surface area contributed by atoms with Crippen LogP contribution >= 0.6 is 0 Å². The Morgan fingerprint density at radius 2 is 2.05 bits per heavy atom. The average Bonchev–Trinajstić information content (AvgIpc) is 3.01. The second-order valence-corrected chi connectivity index (χ2v) is 6.07. The van der Waals surface area contributed by atoms with Gasteiger partial charge in [-0.1, -0.05) is 0 Å². The van der Waals surface area contributed by atoms with Gasteiger partial charge in [0.05, 0.1) is 12.2 Å². The molecule has 0 atom stereocenters. The highest BCUT2D eigenvalue weighted by molar-refractivity contribution is 7.86. The molecule has 10 heteroatoms. The lowest BCUT2D eigenvalue weighted by atomic mass is 10.2. The molecule has 2 aromatic rings. The molecule has 0 radical (unpaired) electrons. The van der Waals surface area contributed by atoms with Crippen LogP contribution in [0.25, 0.3) is 0 Å². The first kappa shape index (κ1) is 13.7. The first-order valence-electron chi connectivity index (χ1n) is 6.00. The number of nitrogens with two attached hydrogens (primary N) is 1. The summed E-state index contributed by atoms with van der Waals surface area (Å²) in [6.07, 6.45) is 3.02. The molecule has 110 valence electrons. The van der Waals surface area contributed by atoms with Gasteiger partial charge in [0.25, 0.3) is 16.1 Å². The fourth-order valence-corrected chi connectivity index (χ4v) is 2.69. The number of carbonyl (C=O) groups is 1. The van der Waals surface area contributed by atoms with E-state index in [9.17, 15) is 13.2 Å². The Bertz CT molecular complexity index is 786. The Kier molecular flexibility index (Phi) is 3.20. The lowest BCUT2D eigenvalue weighted by molar-refractivity contribution is 0.102. The zero-order valence-corrected chi connectivity index (χ0v) is 11.6. The number of H-pyrrole nitrogens is 1. The van der Waals surface area contributed by atoms with Gasteiger partial charge in [0.1, 0.15) is 5.82 Å². The van der Waals surface area contributed by atoms with Crippen LogP contribution in [0.3, 0.4) is 0 Å². The molecule has 0 unspecified atom stereocenters. The highest BCUT2D eigenvalue weighted by Gasteiger charge is 2.31. The number of aromatic nitrogens is 3. The van der Waals surface area contributed by atoms with Crippen molar-refractivity contribution in [1.29, 1.82) is 0 Å². The lowest BCUT2D eigenvalue weighted by Gasteiger charge is -2.11. The predicted molar refractivity (Wildman–Crippen MR) is 73.1 cm³/mol. The monoisotopic (exact) mass is 308 g/mol. The molecular weight excluding hydrogens is 296 g/mol. The van der Waals surface area contributed by atoms with E-state index in [1.165, 1.54) is 12.4 Å². The number of rotatable bonds is 3. The SMILES string of the molecule is NS(=O)(=O)N1Cc2n[nH]c(NC(=O)c3ccncc3)c2C1. The molecule has 3 rings (SSSR count). The molecule has 0 aromatic carbocycles. The predicted octanol–water partition coefficient (Wildman–Crippen LogP) is -0.424. The van der Waals surface area contributed by atoms with Crippen LogP contribution in [0, 0.1) is 0 Å². The fourth-order valence-electron chi connectivity index (χ4n) is 2.08. The smallest absolute Gasteiger partial charge is 0.277 e. The van der Waals surface area contributed by atoms with Crippen molar-refractivity contribution >= 4 is 21.9 Å². The van der Waals surface area contributed by atoms with E-state index in [0.717, 1.165) is 4.31 Å². The van der Waals surface area contributed by atoms with Gasteiger partial charge in [-0.2, -0.15) is 17.8 Å². The zero-order valence-electron chi connectivity index (χ0n) is 10.8. The van der Waals surface area contributed by atoms with Gasteiger partial charge in [0.2, 0.25) is 0 Å².